The number of hydrogen-bond donors (Lipinski definition) is 3. The van der Waals surface area contributed by atoms with E-state index in [-0.39, 0.29) is 0 Å². The lowest BCUT2D eigenvalue weighted by atomic mass is 10.0. The van der Waals surface area contributed by atoms with Crippen LogP contribution in [-0.2, 0) is 16.0 Å². The van der Waals surface area contributed by atoms with Gasteiger partial charge in [-0.2, -0.15) is 11.8 Å². The lowest BCUT2D eigenvalue weighted by molar-refractivity contribution is -0.114. The quantitative estimate of drug-likeness (QED) is 0.455. The van der Waals surface area contributed by atoms with Crippen molar-refractivity contribution in [2.45, 2.75) is 46.5 Å². The highest BCUT2D eigenvalue weighted by Crippen LogP contribution is 2.20. The van der Waals surface area contributed by atoms with Crippen molar-refractivity contribution in [1.29, 1.82) is 0 Å². The predicted molar refractivity (Wildman–Crippen MR) is 131 cm³/mol. The molecule has 0 bridgehead atoms. The number of nitrogens with one attached hydrogen (secondary N) is 2. The van der Waals surface area contributed by atoms with Crippen LogP contribution in [0.1, 0.15) is 50.1 Å². The third-order valence-electron chi connectivity index (χ3n) is 4.99. The molecule has 0 unspecified atom stereocenters. The summed E-state index contributed by atoms with van der Waals surface area (Å²) in [6.07, 6.45) is 5.06. The zero-order valence-corrected chi connectivity index (χ0v) is 20.3. The third kappa shape index (κ3) is 10.8. The molecular formula is C23H39N5O2S. The molecule has 2 aliphatic heterocycles. The molecular weight excluding hydrogens is 410 g/mol. The summed E-state index contributed by atoms with van der Waals surface area (Å²) in [7, 11) is 2.17. The van der Waals surface area contributed by atoms with E-state index in [4.69, 9.17) is 5.73 Å². The summed E-state index contributed by atoms with van der Waals surface area (Å²) < 4.78 is 0. The molecule has 0 aromatic carbocycles. The second-order valence-electron chi connectivity index (χ2n) is 7.70. The largest absolute Gasteiger partial charge is 0.366 e. The first-order chi connectivity index (χ1) is 14.9. The molecule has 0 saturated carbocycles. The molecule has 0 radical (unpaired) electrons. The standard InChI is InChI=1S/C14H19N3O2.C5H11N.C4H9NS/c1-4-5-12-11(7-6-9(2)17-12)13(16-8-18)10(3)14(15)19;1-6-4-2-3-5-6;1-3-6-4-2-5-1/h6-8H,4-5H2,1-3H3,(H2,15,19)(H,16,18);2-5H2,1H3;5H,1-4H2/b13-10-;;. The molecule has 7 nitrogen and oxygen atoms in total. The Kier molecular flexibility index (Phi) is 13.9. The van der Waals surface area contributed by atoms with E-state index in [1.54, 1.807) is 6.92 Å². The van der Waals surface area contributed by atoms with Crippen LogP contribution in [0.5, 0.6) is 0 Å². The lowest BCUT2D eigenvalue weighted by Gasteiger charge is -2.14. The van der Waals surface area contributed by atoms with Gasteiger partial charge in [0.15, 0.2) is 0 Å². The van der Waals surface area contributed by atoms with Crippen molar-refractivity contribution < 1.29 is 9.59 Å². The number of aryl methyl sites for hydroxylation is 2. The Labute approximate surface area is 191 Å². The summed E-state index contributed by atoms with van der Waals surface area (Å²) in [6, 6.07) is 3.70. The van der Waals surface area contributed by atoms with Gasteiger partial charge in [-0.15, -0.1) is 0 Å². The van der Waals surface area contributed by atoms with Gasteiger partial charge in [0, 0.05) is 47.1 Å². The zero-order valence-electron chi connectivity index (χ0n) is 19.5. The number of thioether (sulfide) groups is 1. The average Bonchev–Trinajstić information content (AvgIpc) is 3.25. The monoisotopic (exact) mass is 449 g/mol. The van der Waals surface area contributed by atoms with Gasteiger partial charge < -0.3 is 21.3 Å². The van der Waals surface area contributed by atoms with Crippen LogP contribution in [-0.4, -0.2) is 66.9 Å². The first-order valence-corrected chi connectivity index (χ1v) is 12.2. The Bertz CT molecular complexity index is 702. The molecule has 4 N–H and O–H groups in total. The number of carbonyl (C=O) groups excluding carboxylic acids is 2. The van der Waals surface area contributed by atoms with Gasteiger partial charge in [-0.3, -0.25) is 14.6 Å². The normalized spacial score (nSPS) is 16.8. The molecule has 0 atom stereocenters. The number of carbonyl (C=O) groups is 2. The van der Waals surface area contributed by atoms with Gasteiger partial charge in [-0.05, 0) is 65.4 Å². The van der Waals surface area contributed by atoms with Crippen LogP contribution >= 0.6 is 11.8 Å². The molecule has 3 heterocycles. The van der Waals surface area contributed by atoms with E-state index in [2.05, 4.69) is 27.6 Å². The highest BCUT2D eigenvalue weighted by molar-refractivity contribution is 7.99. The van der Waals surface area contributed by atoms with Crippen molar-refractivity contribution in [2.75, 3.05) is 44.7 Å². The summed E-state index contributed by atoms with van der Waals surface area (Å²) in [4.78, 5) is 28.9. The Hall–Kier alpha value is -1.90. The van der Waals surface area contributed by atoms with Crippen molar-refractivity contribution >= 4 is 29.8 Å². The second-order valence-corrected chi connectivity index (χ2v) is 8.92. The molecule has 174 valence electrons. The number of pyridine rings is 1. The van der Waals surface area contributed by atoms with Crippen molar-refractivity contribution in [3.63, 3.8) is 0 Å². The first-order valence-electron chi connectivity index (χ1n) is 11.0. The maximum atomic E-state index is 11.3. The first kappa shape index (κ1) is 27.1. The minimum absolute atomic E-state index is 0.315. The van der Waals surface area contributed by atoms with Crippen LogP contribution in [0, 0.1) is 6.92 Å². The SMILES string of the molecule is C1CSCCN1.CCCc1nc(C)ccc1/C(NC=O)=C(\C)C(N)=O.CN1CCCC1. The van der Waals surface area contributed by atoms with Crippen LogP contribution in [0.15, 0.2) is 17.7 Å². The molecule has 2 amide bonds. The fourth-order valence-electron chi connectivity index (χ4n) is 3.23. The number of nitrogens with two attached hydrogens (primary N) is 1. The van der Waals surface area contributed by atoms with Gasteiger partial charge in [-0.1, -0.05) is 13.3 Å². The van der Waals surface area contributed by atoms with Crippen molar-refractivity contribution in [3.8, 4) is 0 Å². The molecule has 31 heavy (non-hydrogen) atoms. The van der Waals surface area contributed by atoms with Crippen LogP contribution in [0.25, 0.3) is 5.70 Å². The lowest BCUT2D eigenvalue weighted by Crippen LogP contribution is -2.24. The van der Waals surface area contributed by atoms with Gasteiger partial charge in [-0.25, -0.2) is 0 Å². The number of nitrogens with zero attached hydrogens (tertiary/aromatic N) is 2. The van der Waals surface area contributed by atoms with E-state index in [0.717, 1.165) is 29.8 Å². The number of rotatable bonds is 6. The summed E-state index contributed by atoms with van der Waals surface area (Å²) in [5.74, 6) is 2.05. The average molecular weight is 450 g/mol. The van der Waals surface area contributed by atoms with E-state index < -0.39 is 5.91 Å². The molecule has 0 spiro atoms. The van der Waals surface area contributed by atoms with Gasteiger partial charge in [0.1, 0.15) is 0 Å². The Morgan fingerprint density at radius 3 is 2.32 bits per heavy atom. The fourth-order valence-corrected chi connectivity index (χ4v) is 4.01. The van der Waals surface area contributed by atoms with Crippen LogP contribution < -0.4 is 16.4 Å². The van der Waals surface area contributed by atoms with Crippen molar-refractivity contribution in [1.82, 2.24) is 20.5 Å². The zero-order chi connectivity index (χ0) is 23.1. The molecule has 0 aliphatic carbocycles. The molecule has 1 aromatic rings. The number of amides is 2. The fraction of sp³-hybridized carbons (Fsp3) is 0.609. The van der Waals surface area contributed by atoms with E-state index in [1.807, 2.05) is 37.7 Å². The molecule has 2 aliphatic rings. The van der Waals surface area contributed by atoms with Crippen LogP contribution in [0.4, 0.5) is 0 Å². The second kappa shape index (κ2) is 15.8. The highest BCUT2D eigenvalue weighted by atomic mass is 32.2. The van der Waals surface area contributed by atoms with Gasteiger partial charge in [0.2, 0.25) is 12.3 Å². The minimum Gasteiger partial charge on any atom is -0.366 e. The highest BCUT2D eigenvalue weighted by Gasteiger charge is 2.14. The number of likely N-dealkylation sites (tertiary alicyclic amines) is 1. The summed E-state index contributed by atoms with van der Waals surface area (Å²) in [6.45, 7) is 10.6. The summed E-state index contributed by atoms with van der Waals surface area (Å²) in [5.41, 5.74) is 8.53. The smallest absolute Gasteiger partial charge is 0.246 e. The Morgan fingerprint density at radius 2 is 1.94 bits per heavy atom. The maximum absolute atomic E-state index is 11.3. The topological polar surface area (TPSA) is 100 Å². The Morgan fingerprint density at radius 1 is 1.29 bits per heavy atom. The molecule has 2 saturated heterocycles. The van der Waals surface area contributed by atoms with E-state index in [9.17, 15) is 9.59 Å². The van der Waals surface area contributed by atoms with Gasteiger partial charge in [0.05, 0.1) is 5.70 Å². The number of aromatic nitrogens is 1. The van der Waals surface area contributed by atoms with Gasteiger partial charge >= 0.3 is 0 Å². The third-order valence-corrected chi connectivity index (χ3v) is 5.98. The minimum atomic E-state index is -0.563. The predicted octanol–water partition coefficient (Wildman–Crippen LogP) is 2.34. The summed E-state index contributed by atoms with van der Waals surface area (Å²) in [5, 5.41) is 5.82. The van der Waals surface area contributed by atoms with Gasteiger partial charge in [0.25, 0.3) is 0 Å². The van der Waals surface area contributed by atoms with Crippen LogP contribution in [0.3, 0.4) is 0 Å². The van der Waals surface area contributed by atoms with E-state index in [1.165, 1.54) is 50.5 Å². The molecule has 2 fully saturated rings. The molecule has 1 aromatic heterocycles. The van der Waals surface area contributed by atoms with E-state index in [0.29, 0.717) is 17.7 Å². The molecule has 3 rings (SSSR count). The van der Waals surface area contributed by atoms with Crippen molar-refractivity contribution in [3.05, 3.63) is 34.7 Å². The summed E-state index contributed by atoms with van der Waals surface area (Å²) >= 11 is 2.03. The van der Waals surface area contributed by atoms with E-state index >= 15 is 0 Å². The molecule has 8 heteroatoms. The Balaban J connectivity index is 0.000000320. The maximum Gasteiger partial charge on any atom is 0.246 e. The van der Waals surface area contributed by atoms with Crippen LogP contribution in [0.2, 0.25) is 0 Å². The number of primary amides is 1. The van der Waals surface area contributed by atoms with Crippen molar-refractivity contribution in [2.24, 2.45) is 5.73 Å². The number of hydrogen-bond acceptors (Lipinski definition) is 6.